The van der Waals surface area contributed by atoms with Gasteiger partial charge in [-0.1, -0.05) is 30.0 Å². The first-order valence-electron chi connectivity index (χ1n) is 9.01. The van der Waals surface area contributed by atoms with E-state index in [1.165, 1.54) is 36.0 Å². The van der Waals surface area contributed by atoms with Crippen LogP contribution in [-0.2, 0) is 9.59 Å². The minimum atomic E-state index is -0.402. The van der Waals surface area contributed by atoms with Crippen LogP contribution < -0.4 is 4.90 Å². The summed E-state index contributed by atoms with van der Waals surface area (Å²) in [6.45, 7) is 1.54. The third kappa shape index (κ3) is 3.49. The van der Waals surface area contributed by atoms with Gasteiger partial charge < -0.3 is 4.90 Å². The van der Waals surface area contributed by atoms with Gasteiger partial charge in [0.2, 0.25) is 0 Å². The van der Waals surface area contributed by atoms with Gasteiger partial charge in [0, 0.05) is 18.0 Å². The summed E-state index contributed by atoms with van der Waals surface area (Å²) < 4.78 is 13.3. The van der Waals surface area contributed by atoms with Gasteiger partial charge in [0.25, 0.3) is 11.8 Å². The number of hydrogen-bond donors (Lipinski definition) is 0. The molecule has 0 bridgehead atoms. The van der Waals surface area contributed by atoms with Crippen molar-refractivity contribution in [2.45, 2.75) is 24.2 Å². The summed E-state index contributed by atoms with van der Waals surface area (Å²) in [6, 6.07) is 15.0. The van der Waals surface area contributed by atoms with E-state index in [0.717, 1.165) is 42.1 Å². The number of piperidine rings is 1. The summed E-state index contributed by atoms with van der Waals surface area (Å²) >= 11 is 1.32. The molecule has 4 rings (SSSR count). The van der Waals surface area contributed by atoms with Gasteiger partial charge in [-0.15, -0.1) is 0 Å². The molecule has 1 saturated heterocycles. The van der Waals surface area contributed by atoms with E-state index in [1.807, 2.05) is 35.2 Å². The molecule has 2 heterocycles. The second-order valence-corrected chi connectivity index (χ2v) is 7.65. The number of thioether (sulfide) groups is 1. The molecule has 2 amide bonds. The fourth-order valence-corrected chi connectivity index (χ4v) is 4.44. The van der Waals surface area contributed by atoms with E-state index in [1.54, 1.807) is 0 Å². The Bertz CT molecular complexity index is 890. The van der Waals surface area contributed by atoms with Gasteiger partial charge in [-0.2, -0.15) is 0 Å². The van der Waals surface area contributed by atoms with Gasteiger partial charge in [0.1, 0.15) is 16.4 Å². The fourth-order valence-electron chi connectivity index (χ4n) is 3.42. The number of carbonyl (C=O) groups excluding carboxylic acids is 2. The second kappa shape index (κ2) is 7.56. The van der Waals surface area contributed by atoms with E-state index in [2.05, 4.69) is 0 Å². The van der Waals surface area contributed by atoms with Crippen LogP contribution in [0, 0.1) is 5.82 Å². The van der Waals surface area contributed by atoms with Gasteiger partial charge in [-0.05, 0) is 55.7 Å². The normalized spacial score (nSPS) is 17.8. The lowest BCUT2D eigenvalue weighted by Gasteiger charge is -2.29. The van der Waals surface area contributed by atoms with Gasteiger partial charge in [-0.3, -0.25) is 9.59 Å². The van der Waals surface area contributed by atoms with Crippen molar-refractivity contribution >= 4 is 29.3 Å². The molecule has 2 aliphatic rings. The van der Waals surface area contributed by atoms with E-state index in [-0.39, 0.29) is 11.8 Å². The number of amides is 2. The van der Waals surface area contributed by atoms with Crippen molar-refractivity contribution in [2.75, 3.05) is 18.0 Å². The highest BCUT2D eigenvalue weighted by molar-refractivity contribution is 8.04. The van der Waals surface area contributed by atoms with Crippen LogP contribution in [-0.4, -0.2) is 29.8 Å². The Hall–Kier alpha value is -2.60. The number of imide groups is 1. The van der Waals surface area contributed by atoms with Gasteiger partial charge >= 0.3 is 0 Å². The first-order valence-corrected chi connectivity index (χ1v) is 9.83. The molecule has 0 aliphatic carbocycles. The Labute approximate surface area is 161 Å². The van der Waals surface area contributed by atoms with Gasteiger partial charge in [-0.25, -0.2) is 9.29 Å². The number of carbonyl (C=O) groups is 2. The van der Waals surface area contributed by atoms with Crippen LogP contribution in [0.25, 0.3) is 0 Å². The smallest absolute Gasteiger partial charge is 0.283 e. The van der Waals surface area contributed by atoms with Crippen molar-refractivity contribution in [3.05, 3.63) is 71.0 Å². The maximum atomic E-state index is 13.3. The van der Waals surface area contributed by atoms with E-state index in [9.17, 15) is 14.0 Å². The van der Waals surface area contributed by atoms with Crippen molar-refractivity contribution in [3.63, 3.8) is 0 Å². The minimum Gasteiger partial charge on any atom is -0.366 e. The first kappa shape index (κ1) is 17.8. The summed E-state index contributed by atoms with van der Waals surface area (Å²) in [7, 11) is 0. The second-order valence-electron chi connectivity index (χ2n) is 6.56. The van der Waals surface area contributed by atoms with Crippen molar-refractivity contribution in [1.82, 2.24) is 4.90 Å². The Morgan fingerprint density at radius 2 is 1.48 bits per heavy atom. The fraction of sp³-hybridized carbons (Fsp3) is 0.238. The standard InChI is InChI=1S/C21H19FN2O2S/c22-15-9-11-16(12-10-15)24-20(25)18(23-13-5-2-6-14-23)19(21(24)26)27-17-7-3-1-4-8-17/h1,3-4,7-12H,2,5-6,13-14H2. The number of anilines is 1. The molecule has 0 unspecified atom stereocenters. The summed E-state index contributed by atoms with van der Waals surface area (Å²) in [5.74, 6) is -1.08. The molecule has 138 valence electrons. The molecule has 2 aromatic carbocycles. The van der Waals surface area contributed by atoms with Crippen LogP contribution >= 0.6 is 11.8 Å². The summed E-state index contributed by atoms with van der Waals surface area (Å²) in [5, 5.41) is 0. The molecule has 0 radical (unpaired) electrons. The Morgan fingerprint density at radius 3 is 2.15 bits per heavy atom. The monoisotopic (exact) mass is 382 g/mol. The van der Waals surface area contributed by atoms with Crippen molar-refractivity contribution in [2.24, 2.45) is 0 Å². The number of hydrogen-bond acceptors (Lipinski definition) is 4. The molecule has 2 aliphatic heterocycles. The predicted molar refractivity (Wildman–Crippen MR) is 104 cm³/mol. The summed E-state index contributed by atoms with van der Waals surface area (Å²) in [6.07, 6.45) is 3.14. The average molecular weight is 382 g/mol. The summed E-state index contributed by atoms with van der Waals surface area (Å²) in [4.78, 5) is 30.9. The molecular weight excluding hydrogens is 363 g/mol. The third-order valence-electron chi connectivity index (χ3n) is 4.74. The quantitative estimate of drug-likeness (QED) is 0.744. The molecule has 0 aromatic heterocycles. The van der Waals surface area contributed by atoms with Gasteiger partial charge in [0.15, 0.2) is 0 Å². The summed E-state index contributed by atoms with van der Waals surface area (Å²) in [5.41, 5.74) is 0.863. The van der Waals surface area contributed by atoms with Gasteiger partial charge in [0.05, 0.1) is 5.69 Å². The number of benzene rings is 2. The van der Waals surface area contributed by atoms with Crippen LogP contribution in [0.4, 0.5) is 10.1 Å². The molecule has 0 spiro atoms. The highest BCUT2D eigenvalue weighted by Gasteiger charge is 2.42. The Morgan fingerprint density at radius 1 is 0.815 bits per heavy atom. The first-order chi connectivity index (χ1) is 13.1. The molecule has 2 aromatic rings. The Balaban J connectivity index is 1.73. The van der Waals surface area contributed by atoms with E-state index >= 15 is 0 Å². The zero-order chi connectivity index (χ0) is 18.8. The molecule has 27 heavy (non-hydrogen) atoms. The van der Waals surface area contributed by atoms with Crippen LogP contribution in [0.3, 0.4) is 0 Å². The average Bonchev–Trinajstić information content (AvgIpc) is 2.94. The van der Waals surface area contributed by atoms with E-state index in [4.69, 9.17) is 0 Å². The van der Waals surface area contributed by atoms with E-state index < -0.39 is 5.82 Å². The molecular formula is C21H19FN2O2S. The van der Waals surface area contributed by atoms with Crippen molar-refractivity contribution < 1.29 is 14.0 Å². The lowest BCUT2D eigenvalue weighted by Crippen LogP contribution is -2.37. The Kier molecular flexibility index (Phi) is 4.99. The number of likely N-dealkylation sites (tertiary alicyclic amines) is 1. The van der Waals surface area contributed by atoms with Crippen LogP contribution in [0.5, 0.6) is 0 Å². The van der Waals surface area contributed by atoms with Crippen molar-refractivity contribution in [3.8, 4) is 0 Å². The molecule has 0 saturated carbocycles. The van der Waals surface area contributed by atoms with Crippen LogP contribution in [0.2, 0.25) is 0 Å². The lowest BCUT2D eigenvalue weighted by molar-refractivity contribution is -0.121. The van der Waals surface area contributed by atoms with E-state index in [0.29, 0.717) is 16.3 Å². The molecule has 4 nitrogen and oxygen atoms in total. The highest BCUT2D eigenvalue weighted by Crippen LogP contribution is 2.39. The largest absolute Gasteiger partial charge is 0.366 e. The third-order valence-corrected chi connectivity index (χ3v) is 5.82. The predicted octanol–water partition coefficient (Wildman–Crippen LogP) is 4.19. The zero-order valence-electron chi connectivity index (χ0n) is 14.7. The lowest BCUT2D eigenvalue weighted by atomic mass is 10.1. The van der Waals surface area contributed by atoms with Crippen molar-refractivity contribution in [1.29, 1.82) is 0 Å². The van der Waals surface area contributed by atoms with Crippen LogP contribution in [0.15, 0.2) is 70.1 Å². The zero-order valence-corrected chi connectivity index (χ0v) is 15.5. The SMILES string of the molecule is O=C1C(Sc2ccccc2)=C(N2CCCCC2)C(=O)N1c1ccc(F)cc1. The minimum absolute atomic E-state index is 0.327. The molecule has 0 N–H and O–H groups in total. The maximum Gasteiger partial charge on any atom is 0.283 e. The molecule has 0 atom stereocenters. The maximum absolute atomic E-state index is 13.3. The molecule has 6 heteroatoms. The highest BCUT2D eigenvalue weighted by atomic mass is 32.2. The number of rotatable bonds is 4. The topological polar surface area (TPSA) is 40.6 Å². The number of halogens is 1. The molecule has 1 fully saturated rings. The number of nitrogens with zero attached hydrogens (tertiary/aromatic N) is 2. The van der Waals surface area contributed by atoms with Crippen LogP contribution in [0.1, 0.15) is 19.3 Å².